The first kappa shape index (κ1) is 16.8. The third-order valence-corrected chi connectivity index (χ3v) is 3.25. The summed E-state index contributed by atoms with van der Waals surface area (Å²) in [7, 11) is 0. The van der Waals surface area contributed by atoms with Crippen LogP contribution < -0.4 is 10.1 Å². The van der Waals surface area contributed by atoms with Crippen LogP contribution in [-0.4, -0.2) is 6.54 Å². The normalized spacial score (nSPS) is 9.90. The molecule has 0 spiro atoms. The Labute approximate surface area is 131 Å². The van der Waals surface area contributed by atoms with Gasteiger partial charge in [0.05, 0.1) is 0 Å². The minimum atomic E-state index is 0. The molecule has 0 atom stereocenters. The lowest BCUT2D eigenvalue weighted by Crippen LogP contribution is -2.12. The number of rotatable bonds is 6. The van der Waals surface area contributed by atoms with Crippen LogP contribution in [0.1, 0.15) is 18.1 Å². The third kappa shape index (κ3) is 4.71. The highest BCUT2D eigenvalue weighted by Gasteiger charge is 2.04. The number of hydrogen-bond donors (Lipinski definition) is 1. The van der Waals surface area contributed by atoms with E-state index in [2.05, 4.69) is 18.3 Å². The van der Waals surface area contributed by atoms with Gasteiger partial charge in [-0.2, -0.15) is 0 Å². The molecule has 0 aromatic heterocycles. The molecule has 0 heterocycles. The lowest BCUT2D eigenvalue weighted by molar-refractivity contribution is 0.302. The van der Waals surface area contributed by atoms with Crippen LogP contribution in [0.3, 0.4) is 0 Å². The molecule has 0 saturated carbocycles. The maximum atomic E-state index is 6.12. The lowest BCUT2D eigenvalue weighted by Gasteiger charge is -2.12. The molecule has 0 aliphatic carbocycles. The second-order valence-electron chi connectivity index (χ2n) is 4.27. The van der Waals surface area contributed by atoms with Crippen molar-refractivity contribution in [1.82, 2.24) is 5.32 Å². The van der Waals surface area contributed by atoms with Crippen molar-refractivity contribution in [3.8, 4) is 5.75 Å². The van der Waals surface area contributed by atoms with Crippen LogP contribution >= 0.6 is 24.0 Å². The van der Waals surface area contributed by atoms with Gasteiger partial charge in [0.2, 0.25) is 0 Å². The molecule has 0 bridgehead atoms. The summed E-state index contributed by atoms with van der Waals surface area (Å²) in [5, 5.41) is 4.05. The van der Waals surface area contributed by atoms with E-state index in [1.807, 2.05) is 42.5 Å². The van der Waals surface area contributed by atoms with Gasteiger partial charge in [-0.25, -0.2) is 0 Å². The number of halogens is 2. The Hall–Kier alpha value is -1.22. The van der Waals surface area contributed by atoms with Crippen molar-refractivity contribution >= 4 is 24.0 Å². The van der Waals surface area contributed by atoms with Gasteiger partial charge in [0, 0.05) is 22.7 Å². The summed E-state index contributed by atoms with van der Waals surface area (Å²) >= 11 is 6.12. The molecule has 0 aliphatic rings. The summed E-state index contributed by atoms with van der Waals surface area (Å²) in [6, 6.07) is 15.8. The number of ether oxygens (including phenoxy) is 1. The largest absolute Gasteiger partial charge is 0.489 e. The zero-order valence-corrected chi connectivity index (χ0v) is 13.0. The zero-order valence-electron chi connectivity index (χ0n) is 11.4. The highest BCUT2D eigenvalue weighted by Crippen LogP contribution is 2.21. The van der Waals surface area contributed by atoms with Crippen LogP contribution in [0.4, 0.5) is 0 Å². The average Bonchev–Trinajstić information content (AvgIpc) is 2.45. The first-order valence-electron chi connectivity index (χ1n) is 6.46. The standard InChI is InChI=1S/C16H18ClNO.ClH/c1-2-18-11-13-7-4-6-10-16(13)19-12-14-8-3-5-9-15(14)17;/h3-10,18H,2,11-12H2,1H3;1H. The molecule has 0 unspecified atom stereocenters. The molecule has 2 aromatic rings. The van der Waals surface area contributed by atoms with Gasteiger partial charge in [-0.1, -0.05) is 54.9 Å². The first-order valence-corrected chi connectivity index (χ1v) is 6.84. The van der Waals surface area contributed by atoms with E-state index in [0.29, 0.717) is 6.61 Å². The molecule has 2 aromatic carbocycles. The molecule has 108 valence electrons. The van der Waals surface area contributed by atoms with Crippen molar-refractivity contribution in [1.29, 1.82) is 0 Å². The van der Waals surface area contributed by atoms with Crippen LogP contribution in [0.2, 0.25) is 5.02 Å². The molecule has 2 nitrogen and oxygen atoms in total. The molecule has 0 fully saturated rings. The summed E-state index contributed by atoms with van der Waals surface area (Å²) in [4.78, 5) is 0. The molecule has 0 aliphatic heterocycles. The molecule has 1 N–H and O–H groups in total. The maximum Gasteiger partial charge on any atom is 0.124 e. The van der Waals surface area contributed by atoms with Gasteiger partial charge in [-0.15, -0.1) is 12.4 Å². The van der Waals surface area contributed by atoms with Gasteiger partial charge in [0.1, 0.15) is 12.4 Å². The van der Waals surface area contributed by atoms with Crippen molar-refractivity contribution in [2.45, 2.75) is 20.1 Å². The Morgan fingerprint density at radius 1 is 1.00 bits per heavy atom. The molecular weight excluding hydrogens is 293 g/mol. The van der Waals surface area contributed by atoms with Crippen LogP contribution in [0, 0.1) is 0 Å². The summed E-state index contributed by atoms with van der Waals surface area (Å²) in [5.41, 5.74) is 2.17. The van der Waals surface area contributed by atoms with Crippen molar-refractivity contribution in [2.75, 3.05) is 6.54 Å². The van der Waals surface area contributed by atoms with Crippen molar-refractivity contribution in [3.05, 3.63) is 64.7 Å². The highest BCUT2D eigenvalue weighted by atomic mass is 35.5. The molecule has 4 heteroatoms. The molecule has 0 saturated heterocycles. The second kappa shape index (κ2) is 8.85. The predicted molar refractivity (Wildman–Crippen MR) is 86.9 cm³/mol. The smallest absolute Gasteiger partial charge is 0.124 e. The Bertz CT molecular complexity index is 531. The Morgan fingerprint density at radius 2 is 1.65 bits per heavy atom. The lowest BCUT2D eigenvalue weighted by atomic mass is 10.2. The van der Waals surface area contributed by atoms with Crippen LogP contribution in [0.5, 0.6) is 5.75 Å². The van der Waals surface area contributed by atoms with Gasteiger partial charge in [0.25, 0.3) is 0 Å². The van der Waals surface area contributed by atoms with Gasteiger partial charge >= 0.3 is 0 Å². The number of benzene rings is 2. The van der Waals surface area contributed by atoms with E-state index in [0.717, 1.165) is 35.0 Å². The first-order chi connectivity index (χ1) is 9.31. The summed E-state index contributed by atoms with van der Waals surface area (Å²) in [5.74, 6) is 0.906. The monoisotopic (exact) mass is 311 g/mol. The SMILES string of the molecule is CCNCc1ccccc1OCc1ccccc1Cl.Cl. The van der Waals surface area contributed by atoms with Gasteiger partial charge < -0.3 is 10.1 Å². The van der Waals surface area contributed by atoms with E-state index in [-0.39, 0.29) is 12.4 Å². The minimum absolute atomic E-state index is 0. The summed E-state index contributed by atoms with van der Waals surface area (Å²) in [6.45, 7) is 4.34. The fourth-order valence-corrected chi connectivity index (χ4v) is 2.01. The fourth-order valence-electron chi connectivity index (χ4n) is 1.82. The van der Waals surface area contributed by atoms with Crippen LogP contribution in [-0.2, 0) is 13.2 Å². The van der Waals surface area contributed by atoms with Crippen molar-refractivity contribution < 1.29 is 4.74 Å². The number of para-hydroxylation sites is 1. The van der Waals surface area contributed by atoms with Gasteiger partial charge in [0.15, 0.2) is 0 Å². The number of nitrogens with one attached hydrogen (secondary N) is 1. The van der Waals surface area contributed by atoms with E-state index in [1.165, 1.54) is 0 Å². The van der Waals surface area contributed by atoms with E-state index in [9.17, 15) is 0 Å². The molecule has 0 amide bonds. The summed E-state index contributed by atoms with van der Waals surface area (Å²) in [6.07, 6.45) is 0. The molecular formula is C16H19Cl2NO. The molecule has 2 rings (SSSR count). The minimum Gasteiger partial charge on any atom is -0.489 e. The molecule has 20 heavy (non-hydrogen) atoms. The predicted octanol–water partition coefficient (Wildman–Crippen LogP) is 4.45. The quantitative estimate of drug-likeness (QED) is 0.851. The van der Waals surface area contributed by atoms with Crippen LogP contribution in [0.25, 0.3) is 0 Å². The van der Waals surface area contributed by atoms with E-state index in [1.54, 1.807) is 0 Å². The zero-order chi connectivity index (χ0) is 13.5. The summed E-state index contributed by atoms with van der Waals surface area (Å²) < 4.78 is 5.88. The third-order valence-electron chi connectivity index (χ3n) is 2.88. The van der Waals surface area contributed by atoms with Gasteiger partial charge in [-0.3, -0.25) is 0 Å². The maximum absolute atomic E-state index is 6.12. The topological polar surface area (TPSA) is 21.3 Å². The Morgan fingerprint density at radius 3 is 2.35 bits per heavy atom. The Balaban J connectivity index is 0.00000200. The van der Waals surface area contributed by atoms with Crippen molar-refractivity contribution in [2.24, 2.45) is 0 Å². The fraction of sp³-hybridized carbons (Fsp3) is 0.250. The van der Waals surface area contributed by atoms with Crippen LogP contribution in [0.15, 0.2) is 48.5 Å². The van der Waals surface area contributed by atoms with E-state index < -0.39 is 0 Å². The van der Waals surface area contributed by atoms with E-state index >= 15 is 0 Å². The molecule has 0 radical (unpaired) electrons. The Kier molecular flexibility index (Phi) is 7.45. The second-order valence-corrected chi connectivity index (χ2v) is 4.68. The van der Waals surface area contributed by atoms with E-state index in [4.69, 9.17) is 16.3 Å². The van der Waals surface area contributed by atoms with Gasteiger partial charge in [-0.05, 0) is 18.7 Å². The highest BCUT2D eigenvalue weighted by molar-refractivity contribution is 6.31. The van der Waals surface area contributed by atoms with Crippen molar-refractivity contribution in [3.63, 3.8) is 0 Å². The average molecular weight is 312 g/mol. The number of hydrogen-bond acceptors (Lipinski definition) is 2.